The minimum atomic E-state index is -1.21. The predicted molar refractivity (Wildman–Crippen MR) is 144 cm³/mol. The van der Waals surface area contributed by atoms with Crippen LogP contribution in [0.1, 0.15) is 46.8 Å². The van der Waals surface area contributed by atoms with Crippen molar-refractivity contribution in [3.63, 3.8) is 0 Å². The Bertz CT molecular complexity index is 1600. The van der Waals surface area contributed by atoms with Gasteiger partial charge < -0.3 is 15.0 Å². The van der Waals surface area contributed by atoms with Gasteiger partial charge in [0.15, 0.2) is 5.78 Å². The summed E-state index contributed by atoms with van der Waals surface area (Å²) in [4.78, 5) is 64.6. The van der Waals surface area contributed by atoms with E-state index < -0.39 is 16.9 Å². The van der Waals surface area contributed by atoms with Crippen molar-refractivity contribution >= 4 is 29.4 Å². The second-order valence-electron chi connectivity index (χ2n) is 10.7. The number of nitrogens with one attached hydrogen (secondary N) is 2. The van der Waals surface area contributed by atoms with Gasteiger partial charge in [-0.15, -0.1) is 0 Å². The maximum atomic E-state index is 13.2. The Kier molecular flexibility index (Phi) is 5.83. The van der Waals surface area contributed by atoms with Crippen LogP contribution >= 0.6 is 0 Å². The van der Waals surface area contributed by atoms with E-state index in [0.717, 1.165) is 16.7 Å². The van der Waals surface area contributed by atoms with Crippen molar-refractivity contribution in [3.05, 3.63) is 89.0 Å². The van der Waals surface area contributed by atoms with Gasteiger partial charge in [-0.05, 0) is 46.9 Å². The van der Waals surface area contributed by atoms with Crippen LogP contribution in [0.15, 0.2) is 66.7 Å². The maximum Gasteiger partial charge on any atom is 0.254 e. The molecule has 6 rings (SSSR count). The maximum absolute atomic E-state index is 13.2. The molecule has 9 nitrogen and oxygen atoms in total. The largest absolute Gasteiger partial charge is 0.497 e. The number of imide groups is 1. The number of rotatable bonds is 6. The molecule has 0 bridgehead atoms. The number of ketones is 1. The number of carbonyl (C=O) groups is 5. The summed E-state index contributed by atoms with van der Waals surface area (Å²) in [5, 5.41) is 5.19. The fourth-order valence-electron chi connectivity index (χ4n) is 5.94. The monoisotopic (exact) mass is 537 g/mol. The van der Waals surface area contributed by atoms with Crippen molar-refractivity contribution < 1.29 is 28.7 Å². The number of Topliss-reactive ketones (excluding diaryl/α,β-unsaturated/α-hetero) is 1. The van der Waals surface area contributed by atoms with Crippen LogP contribution < -0.4 is 15.4 Å². The molecule has 1 unspecified atom stereocenters. The van der Waals surface area contributed by atoms with Crippen molar-refractivity contribution in [3.8, 4) is 16.9 Å². The number of nitrogens with zero attached hydrogens (tertiary/aromatic N) is 1. The lowest BCUT2D eigenvalue weighted by Gasteiger charge is -2.31. The normalized spacial score (nSPS) is 23.9. The van der Waals surface area contributed by atoms with Gasteiger partial charge in [0.05, 0.1) is 13.5 Å². The molecule has 3 aromatic carbocycles. The summed E-state index contributed by atoms with van der Waals surface area (Å²) in [6.45, 7) is 2.11. The molecule has 4 amide bonds. The molecule has 9 heteroatoms. The third kappa shape index (κ3) is 3.97. The van der Waals surface area contributed by atoms with E-state index in [0.29, 0.717) is 29.0 Å². The lowest BCUT2D eigenvalue weighted by molar-refractivity contribution is -0.127. The molecule has 2 N–H and O–H groups in total. The Morgan fingerprint density at radius 3 is 2.05 bits per heavy atom. The van der Waals surface area contributed by atoms with Crippen LogP contribution in [-0.4, -0.2) is 48.0 Å². The summed E-state index contributed by atoms with van der Waals surface area (Å²) in [5.41, 5.74) is 2.24. The average Bonchev–Trinajstić information content (AvgIpc) is 3.52. The van der Waals surface area contributed by atoms with Gasteiger partial charge in [0, 0.05) is 25.1 Å². The van der Waals surface area contributed by atoms with E-state index in [1.54, 1.807) is 24.0 Å². The van der Waals surface area contributed by atoms with Gasteiger partial charge in [-0.25, -0.2) is 0 Å². The van der Waals surface area contributed by atoms with Gasteiger partial charge in [0.25, 0.3) is 5.91 Å². The average molecular weight is 538 g/mol. The fourth-order valence-corrected chi connectivity index (χ4v) is 5.94. The van der Waals surface area contributed by atoms with Crippen LogP contribution in [0.3, 0.4) is 0 Å². The summed E-state index contributed by atoms with van der Waals surface area (Å²) >= 11 is 0. The number of hydrogen-bond acceptors (Lipinski definition) is 6. The number of benzene rings is 3. The molecule has 0 spiro atoms. The number of fused-ring (bicyclic) bond motifs is 1. The number of hydrogen-bond donors (Lipinski definition) is 2. The molecule has 0 aliphatic carbocycles. The molecular weight excluding hydrogens is 510 g/mol. The lowest BCUT2D eigenvalue weighted by atomic mass is 9.77. The number of ether oxygens (including phenoxy) is 1. The first kappa shape index (κ1) is 25.5. The molecule has 0 aromatic heterocycles. The van der Waals surface area contributed by atoms with Crippen LogP contribution in [-0.2, 0) is 36.7 Å². The highest BCUT2D eigenvalue weighted by atomic mass is 16.5. The third-order valence-electron chi connectivity index (χ3n) is 8.31. The van der Waals surface area contributed by atoms with Gasteiger partial charge in [-0.1, -0.05) is 54.6 Å². The first-order valence-corrected chi connectivity index (χ1v) is 13.0. The Labute approximate surface area is 230 Å². The topological polar surface area (TPSA) is 122 Å². The van der Waals surface area contributed by atoms with E-state index in [4.69, 9.17) is 4.74 Å². The molecular formula is C31H27N3O6. The number of carbonyl (C=O) groups excluding carboxylic acids is 5. The van der Waals surface area contributed by atoms with E-state index in [1.165, 1.54) is 7.11 Å². The number of methoxy groups -OCH3 is 1. The highest BCUT2D eigenvalue weighted by Crippen LogP contribution is 2.38. The summed E-state index contributed by atoms with van der Waals surface area (Å²) < 4.78 is 5.26. The van der Waals surface area contributed by atoms with E-state index in [1.807, 2.05) is 54.6 Å². The molecule has 0 saturated carbocycles. The Balaban J connectivity index is 1.27. The van der Waals surface area contributed by atoms with Gasteiger partial charge in [0.2, 0.25) is 17.7 Å². The zero-order valence-electron chi connectivity index (χ0n) is 22.1. The second-order valence-corrected chi connectivity index (χ2v) is 10.7. The van der Waals surface area contributed by atoms with Crippen molar-refractivity contribution in [1.29, 1.82) is 0 Å². The van der Waals surface area contributed by atoms with Crippen LogP contribution in [0.4, 0.5) is 0 Å². The first-order valence-electron chi connectivity index (χ1n) is 13.0. The van der Waals surface area contributed by atoms with Gasteiger partial charge in [-0.2, -0.15) is 0 Å². The van der Waals surface area contributed by atoms with E-state index in [-0.39, 0.29) is 42.9 Å². The Hall–Kier alpha value is -4.79. The minimum Gasteiger partial charge on any atom is -0.497 e. The third-order valence-corrected chi connectivity index (χ3v) is 8.31. The zero-order valence-corrected chi connectivity index (χ0v) is 22.1. The van der Waals surface area contributed by atoms with Crippen LogP contribution in [0, 0.1) is 0 Å². The Morgan fingerprint density at radius 2 is 1.50 bits per heavy atom. The van der Waals surface area contributed by atoms with Crippen molar-refractivity contribution in [2.45, 2.75) is 37.3 Å². The predicted octanol–water partition coefficient (Wildman–Crippen LogP) is 2.61. The fraction of sp³-hybridized carbons (Fsp3) is 0.258. The summed E-state index contributed by atoms with van der Waals surface area (Å²) in [6.07, 6.45) is -0.178. The smallest absolute Gasteiger partial charge is 0.254 e. The Morgan fingerprint density at radius 1 is 0.850 bits per heavy atom. The molecule has 2 saturated heterocycles. The lowest BCUT2D eigenvalue weighted by Crippen LogP contribution is -2.46. The van der Waals surface area contributed by atoms with Crippen LogP contribution in [0.25, 0.3) is 11.1 Å². The van der Waals surface area contributed by atoms with Crippen LogP contribution in [0.5, 0.6) is 5.75 Å². The van der Waals surface area contributed by atoms with Gasteiger partial charge >= 0.3 is 0 Å². The van der Waals surface area contributed by atoms with Crippen molar-refractivity contribution in [2.75, 3.05) is 13.7 Å². The molecule has 3 heterocycles. The molecule has 202 valence electrons. The molecule has 3 aliphatic rings. The van der Waals surface area contributed by atoms with Gasteiger partial charge in [0.1, 0.15) is 16.7 Å². The second kappa shape index (κ2) is 9.15. The molecule has 2 atom stereocenters. The molecule has 3 aromatic rings. The molecule has 3 aliphatic heterocycles. The number of amides is 4. The highest BCUT2D eigenvalue weighted by Gasteiger charge is 2.50. The molecule has 40 heavy (non-hydrogen) atoms. The minimum absolute atomic E-state index is 0.0539. The summed E-state index contributed by atoms with van der Waals surface area (Å²) in [5.74, 6) is -0.875. The SMILES string of the molecule is COc1ccc2c(c1)C(=O)N(C[C@@]1(c3ccc(-c4ccc(C5(C)NC(=O)CC5=O)cc4)cc3)CC(=O)NC1=O)C2. The standard InChI is InChI=1S/C31H27N3O6/c1-30(25(35)14-26(36)33-30)21-8-3-18(4-9-21)19-5-10-22(11-6-19)31(15-27(37)32-29(31)39)17-34-16-20-7-12-23(40-2)13-24(20)28(34)38/h3-13H,14-17H2,1-2H3,(H,33,36)(H,32,37,39)/t30?,31-/m1/s1. The highest BCUT2D eigenvalue weighted by molar-refractivity contribution is 6.11. The van der Waals surface area contributed by atoms with Crippen molar-refractivity contribution in [2.24, 2.45) is 0 Å². The van der Waals surface area contributed by atoms with E-state index in [2.05, 4.69) is 10.6 Å². The first-order chi connectivity index (χ1) is 19.1. The van der Waals surface area contributed by atoms with E-state index >= 15 is 0 Å². The van der Waals surface area contributed by atoms with Gasteiger partial charge in [-0.3, -0.25) is 29.3 Å². The summed E-state index contributed by atoms with van der Waals surface area (Å²) in [6, 6.07) is 20.1. The van der Waals surface area contributed by atoms with E-state index in [9.17, 15) is 24.0 Å². The van der Waals surface area contributed by atoms with Crippen molar-refractivity contribution in [1.82, 2.24) is 15.5 Å². The summed E-state index contributed by atoms with van der Waals surface area (Å²) in [7, 11) is 1.54. The quantitative estimate of drug-likeness (QED) is 0.368. The van der Waals surface area contributed by atoms with Crippen LogP contribution in [0.2, 0.25) is 0 Å². The molecule has 2 fully saturated rings. The zero-order chi connectivity index (χ0) is 28.2. The molecule has 0 radical (unpaired) electrons.